The molecule has 1 aliphatic carbocycles. The second kappa shape index (κ2) is 5.54. The molecule has 2 N–H and O–H groups in total. The second-order valence-corrected chi connectivity index (χ2v) is 4.81. The van der Waals surface area contributed by atoms with Gasteiger partial charge < -0.3 is 19.6 Å². The molecular formula is C13H19NO4. The van der Waals surface area contributed by atoms with Crippen molar-refractivity contribution in [2.75, 3.05) is 13.7 Å². The number of ether oxygens (including phenoxy) is 1. The zero-order chi connectivity index (χ0) is 13.0. The summed E-state index contributed by atoms with van der Waals surface area (Å²) in [5, 5.41) is 12.8. The van der Waals surface area contributed by atoms with Gasteiger partial charge in [0.25, 0.3) is 5.91 Å². The Balaban J connectivity index is 1.87. The monoisotopic (exact) mass is 253 g/mol. The smallest absolute Gasteiger partial charge is 0.287 e. The Hall–Kier alpha value is -1.33. The van der Waals surface area contributed by atoms with Crippen LogP contribution in [0, 0.1) is 0 Å². The number of hydrogen-bond acceptors (Lipinski definition) is 4. The van der Waals surface area contributed by atoms with E-state index in [1.165, 1.54) is 0 Å². The molecule has 0 aromatic carbocycles. The van der Waals surface area contributed by atoms with Gasteiger partial charge in [0.2, 0.25) is 0 Å². The van der Waals surface area contributed by atoms with E-state index in [1.54, 1.807) is 19.2 Å². The van der Waals surface area contributed by atoms with E-state index >= 15 is 0 Å². The summed E-state index contributed by atoms with van der Waals surface area (Å²) in [5.41, 5.74) is -0.738. The third-order valence-electron chi connectivity index (χ3n) is 3.28. The van der Waals surface area contributed by atoms with Gasteiger partial charge in [-0.25, -0.2) is 0 Å². The molecule has 5 heteroatoms. The van der Waals surface area contributed by atoms with Crippen molar-refractivity contribution in [3.8, 4) is 0 Å². The van der Waals surface area contributed by atoms with Gasteiger partial charge in [0.1, 0.15) is 12.4 Å². The molecule has 1 heterocycles. The maximum absolute atomic E-state index is 11.8. The predicted octanol–water partition coefficient (Wildman–Crippen LogP) is 1.46. The highest BCUT2D eigenvalue weighted by atomic mass is 16.5. The van der Waals surface area contributed by atoms with E-state index in [4.69, 9.17) is 9.15 Å². The number of carbonyl (C=O) groups is 1. The molecule has 100 valence electrons. The van der Waals surface area contributed by atoms with Crippen LogP contribution in [0.2, 0.25) is 0 Å². The lowest BCUT2D eigenvalue weighted by Crippen LogP contribution is -2.40. The van der Waals surface area contributed by atoms with Gasteiger partial charge in [0.15, 0.2) is 5.76 Å². The third-order valence-corrected chi connectivity index (χ3v) is 3.28. The quantitative estimate of drug-likeness (QED) is 0.833. The van der Waals surface area contributed by atoms with Crippen LogP contribution < -0.4 is 5.32 Å². The number of rotatable bonds is 5. The van der Waals surface area contributed by atoms with Crippen molar-refractivity contribution in [1.82, 2.24) is 5.32 Å². The topological polar surface area (TPSA) is 71.7 Å². The molecule has 0 unspecified atom stereocenters. The van der Waals surface area contributed by atoms with Crippen LogP contribution in [-0.2, 0) is 11.3 Å². The lowest BCUT2D eigenvalue weighted by molar-refractivity contribution is 0.0442. The lowest BCUT2D eigenvalue weighted by Gasteiger charge is -2.21. The molecule has 5 nitrogen and oxygen atoms in total. The maximum Gasteiger partial charge on any atom is 0.287 e. The molecule has 2 rings (SSSR count). The van der Waals surface area contributed by atoms with Crippen LogP contribution in [-0.4, -0.2) is 30.3 Å². The van der Waals surface area contributed by atoms with E-state index in [0.717, 1.165) is 25.7 Å². The molecule has 1 amide bonds. The molecule has 1 aromatic heterocycles. The first kappa shape index (κ1) is 13.1. The Morgan fingerprint density at radius 3 is 2.89 bits per heavy atom. The number of hydrogen-bond donors (Lipinski definition) is 2. The first-order valence-corrected chi connectivity index (χ1v) is 6.21. The van der Waals surface area contributed by atoms with Gasteiger partial charge in [-0.2, -0.15) is 0 Å². The predicted molar refractivity (Wildman–Crippen MR) is 65.2 cm³/mol. The van der Waals surface area contributed by atoms with Crippen LogP contribution in [0.25, 0.3) is 0 Å². The van der Waals surface area contributed by atoms with Crippen LogP contribution in [0.1, 0.15) is 42.0 Å². The van der Waals surface area contributed by atoms with Crippen LogP contribution in [0.15, 0.2) is 16.5 Å². The van der Waals surface area contributed by atoms with E-state index in [9.17, 15) is 9.90 Å². The van der Waals surface area contributed by atoms with E-state index in [1.807, 2.05) is 0 Å². The fourth-order valence-electron chi connectivity index (χ4n) is 2.26. The maximum atomic E-state index is 11.8. The molecule has 1 aliphatic rings. The highest BCUT2D eigenvalue weighted by Crippen LogP contribution is 2.28. The number of methoxy groups -OCH3 is 1. The second-order valence-electron chi connectivity index (χ2n) is 4.81. The molecule has 0 saturated heterocycles. The fraction of sp³-hybridized carbons (Fsp3) is 0.615. The van der Waals surface area contributed by atoms with Crippen molar-refractivity contribution >= 4 is 5.91 Å². The molecule has 0 aliphatic heterocycles. The number of amides is 1. The number of furan rings is 1. The molecule has 1 aromatic rings. The van der Waals surface area contributed by atoms with E-state index in [2.05, 4.69) is 5.32 Å². The minimum atomic E-state index is -0.738. The van der Waals surface area contributed by atoms with Crippen molar-refractivity contribution in [2.24, 2.45) is 0 Å². The number of carbonyl (C=O) groups excluding carboxylic acids is 1. The van der Waals surface area contributed by atoms with Crippen molar-refractivity contribution in [3.05, 3.63) is 23.7 Å². The molecule has 0 spiro atoms. The summed E-state index contributed by atoms with van der Waals surface area (Å²) >= 11 is 0. The SMILES string of the molecule is COCc1ccc(C(=O)NCC2(O)CCCC2)o1. The summed E-state index contributed by atoms with van der Waals surface area (Å²) in [4.78, 5) is 11.8. The first-order valence-electron chi connectivity index (χ1n) is 6.21. The van der Waals surface area contributed by atoms with Crippen molar-refractivity contribution in [2.45, 2.75) is 37.9 Å². The minimum absolute atomic E-state index is 0.253. The molecule has 0 bridgehead atoms. The molecule has 0 atom stereocenters. The summed E-state index contributed by atoms with van der Waals surface area (Å²) in [6, 6.07) is 3.32. The van der Waals surface area contributed by atoms with Crippen molar-refractivity contribution in [3.63, 3.8) is 0 Å². The van der Waals surface area contributed by atoms with Gasteiger partial charge in [0.05, 0.1) is 5.60 Å². The Morgan fingerprint density at radius 1 is 1.50 bits per heavy atom. The van der Waals surface area contributed by atoms with E-state index in [0.29, 0.717) is 12.4 Å². The number of aliphatic hydroxyl groups is 1. The standard InChI is InChI=1S/C13H19NO4/c1-17-8-10-4-5-11(18-10)12(15)14-9-13(16)6-2-3-7-13/h4-5,16H,2-3,6-9H2,1H3,(H,14,15). The van der Waals surface area contributed by atoms with Crippen molar-refractivity contribution in [1.29, 1.82) is 0 Å². The van der Waals surface area contributed by atoms with Crippen LogP contribution in [0.4, 0.5) is 0 Å². The van der Waals surface area contributed by atoms with Crippen LogP contribution >= 0.6 is 0 Å². The largest absolute Gasteiger partial charge is 0.453 e. The van der Waals surface area contributed by atoms with Gasteiger partial charge >= 0.3 is 0 Å². The Bertz CT molecular complexity index is 407. The third kappa shape index (κ3) is 3.11. The molecular weight excluding hydrogens is 234 g/mol. The normalized spacial score (nSPS) is 17.9. The zero-order valence-electron chi connectivity index (χ0n) is 10.6. The Labute approximate surface area is 106 Å². The Morgan fingerprint density at radius 2 is 2.22 bits per heavy atom. The zero-order valence-corrected chi connectivity index (χ0v) is 10.6. The van der Waals surface area contributed by atoms with Crippen molar-refractivity contribution < 1.29 is 19.1 Å². The fourth-order valence-corrected chi connectivity index (χ4v) is 2.26. The molecule has 1 saturated carbocycles. The molecule has 1 fully saturated rings. The average Bonchev–Trinajstić information content (AvgIpc) is 2.97. The average molecular weight is 253 g/mol. The summed E-state index contributed by atoms with van der Waals surface area (Å²) < 4.78 is 10.2. The summed E-state index contributed by atoms with van der Waals surface area (Å²) in [5.74, 6) is 0.573. The lowest BCUT2D eigenvalue weighted by atomic mass is 10.0. The highest BCUT2D eigenvalue weighted by molar-refractivity contribution is 5.91. The first-order chi connectivity index (χ1) is 8.63. The van der Waals surface area contributed by atoms with Gasteiger partial charge in [-0.3, -0.25) is 4.79 Å². The molecule has 18 heavy (non-hydrogen) atoms. The van der Waals surface area contributed by atoms with E-state index in [-0.39, 0.29) is 18.2 Å². The van der Waals surface area contributed by atoms with Crippen LogP contribution in [0.5, 0.6) is 0 Å². The Kier molecular flexibility index (Phi) is 4.04. The number of nitrogens with one attached hydrogen (secondary N) is 1. The minimum Gasteiger partial charge on any atom is -0.453 e. The summed E-state index contributed by atoms with van der Waals surface area (Å²) in [7, 11) is 1.57. The van der Waals surface area contributed by atoms with Crippen LogP contribution in [0.3, 0.4) is 0 Å². The van der Waals surface area contributed by atoms with Gasteiger partial charge in [0, 0.05) is 13.7 Å². The highest BCUT2D eigenvalue weighted by Gasteiger charge is 2.31. The van der Waals surface area contributed by atoms with E-state index < -0.39 is 5.60 Å². The van der Waals surface area contributed by atoms with Gasteiger partial charge in [-0.1, -0.05) is 12.8 Å². The van der Waals surface area contributed by atoms with Gasteiger partial charge in [-0.15, -0.1) is 0 Å². The molecule has 0 radical (unpaired) electrons. The summed E-state index contributed by atoms with van der Waals surface area (Å²) in [6.45, 7) is 0.628. The van der Waals surface area contributed by atoms with Gasteiger partial charge in [-0.05, 0) is 25.0 Å². The summed E-state index contributed by atoms with van der Waals surface area (Å²) in [6.07, 6.45) is 3.54.